The molecule has 0 aliphatic heterocycles. The van der Waals surface area contributed by atoms with Crippen molar-refractivity contribution in [3.05, 3.63) is 10.4 Å². The van der Waals surface area contributed by atoms with Crippen LogP contribution < -0.4 is 11.7 Å². The summed E-state index contributed by atoms with van der Waals surface area (Å²) in [6, 6.07) is 0. The molecule has 2 atom stereocenters. The van der Waals surface area contributed by atoms with Crippen molar-refractivity contribution in [1.29, 1.82) is 0 Å². The van der Waals surface area contributed by atoms with Gasteiger partial charge in [-0.05, 0) is 26.4 Å². The molecule has 0 aliphatic carbocycles. The van der Waals surface area contributed by atoms with Crippen LogP contribution in [0.25, 0.3) is 0 Å². The van der Waals surface area contributed by atoms with Gasteiger partial charge in [0.2, 0.25) is 0 Å². The highest BCUT2D eigenvalue weighted by molar-refractivity contribution is 8.32. The first-order chi connectivity index (χ1) is 7.62. The predicted octanol–water partition coefficient (Wildman–Crippen LogP) is 0.0378. The third-order valence-electron chi connectivity index (χ3n) is 1.94. The van der Waals surface area contributed by atoms with E-state index in [-0.39, 0.29) is 22.9 Å². The summed E-state index contributed by atoms with van der Waals surface area (Å²) < 4.78 is 0. The van der Waals surface area contributed by atoms with Gasteiger partial charge >= 0.3 is 0 Å². The zero-order valence-electron chi connectivity index (χ0n) is 10.7. The van der Waals surface area contributed by atoms with E-state index in [9.17, 15) is 10.4 Å². The second-order valence-electron chi connectivity index (χ2n) is 4.50. The Morgan fingerprint density at radius 1 is 1.00 bits per heavy atom. The van der Waals surface area contributed by atoms with Crippen LogP contribution in [0.3, 0.4) is 0 Å². The van der Waals surface area contributed by atoms with E-state index in [0.29, 0.717) is 11.5 Å². The number of nitrogens with two attached hydrogens (primary N) is 2. The minimum Gasteiger partial charge on any atom is -0.748 e. The van der Waals surface area contributed by atoms with Crippen LogP contribution in [0, 0.1) is 10.4 Å². The average molecular weight is 270 g/mol. The topological polar surface area (TPSA) is 123 Å². The molecule has 0 saturated carbocycles. The van der Waals surface area contributed by atoms with Gasteiger partial charge in [0.25, 0.3) is 0 Å². The lowest BCUT2D eigenvalue weighted by Gasteiger charge is -2.38. The summed E-state index contributed by atoms with van der Waals surface area (Å²) in [7, 11) is -1.06. The Hall–Kier alpha value is 0.0300. The van der Waals surface area contributed by atoms with Crippen LogP contribution >= 0.6 is 10.0 Å². The Morgan fingerprint density at radius 2 is 1.29 bits per heavy atom. The van der Waals surface area contributed by atoms with Crippen molar-refractivity contribution in [3.63, 3.8) is 0 Å². The van der Waals surface area contributed by atoms with Crippen molar-refractivity contribution in [2.45, 2.75) is 26.1 Å². The largest absolute Gasteiger partial charge is 0.748 e. The number of rotatable bonds is 8. The molecule has 2 unspecified atom stereocenters. The van der Waals surface area contributed by atoms with Crippen molar-refractivity contribution >= 4 is 10.0 Å². The molecule has 17 heavy (non-hydrogen) atoms. The number of hydrogen-bond donors (Lipinski definition) is 2. The Kier molecular flexibility index (Phi) is 7.47. The quantitative estimate of drug-likeness (QED) is 0.468. The Balaban J connectivity index is 4.09. The fourth-order valence-corrected chi connectivity index (χ4v) is 4.55. The number of hydrogen-bond acceptors (Lipinski definition) is 8. The molecule has 0 heterocycles. The molecule has 0 bridgehead atoms. The fraction of sp³-hybridized carbons (Fsp3) is 1.00. The number of hydrazine groups is 2. The second-order valence-corrected chi connectivity index (χ2v) is 8.70. The van der Waals surface area contributed by atoms with Crippen molar-refractivity contribution < 1.29 is 9.68 Å². The molecule has 0 aromatic carbocycles. The van der Waals surface area contributed by atoms with Crippen LogP contribution in [0.15, 0.2) is 0 Å². The zero-order chi connectivity index (χ0) is 13.6. The van der Waals surface area contributed by atoms with Gasteiger partial charge in [-0.3, -0.25) is 21.4 Å². The van der Waals surface area contributed by atoms with Gasteiger partial charge in [0.1, 0.15) is 0 Å². The smallest absolute Gasteiger partial charge is 0.0844 e. The monoisotopic (exact) mass is 270 g/mol. The van der Waals surface area contributed by atoms with Gasteiger partial charge in [-0.1, -0.05) is 0 Å². The molecular weight excluding hydrogens is 248 g/mol. The lowest BCUT2D eigenvalue weighted by molar-refractivity contribution is -0.154. The molecule has 0 rings (SSSR count). The van der Waals surface area contributed by atoms with E-state index < -0.39 is 10.0 Å². The summed E-state index contributed by atoms with van der Waals surface area (Å²) >= 11 is 0. The summed E-state index contributed by atoms with van der Waals surface area (Å²) in [6.45, 7) is 3.53. The van der Waals surface area contributed by atoms with Gasteiger partial charge < -0.3 is 10.4 Å². The Labute approximate surface area is 103 Å². The summed E-state index contributed by atoms with van der Waals surface area (Å²) in [5.74, 6) is 11.1. The second kappa shape index (κ2) is 7.46. The van der Waals surface area contributed by atoms with E-state index in [1.54, 1.807) is 13.8 Å². The summed E-state index contributed by atoms with van der Waals surface area (Å²) in [5.41, 5.74) is 0. The molecule has 4 N–H and O–H groups in total. The lowest BCUT2D eigenvalue weighted by Crippen LogP contribution is -2.35. The molecule has 0 radical (unpaired) electrons. The predicted molar refractivity (Wildman–Crippen MR) is 69.1 cm³/mol. The van der Waals surface area contributed by atoms with E-state index in [0.717, 1.165) is 0 Å². The van der Waals surface area contributed by atoms with Crippen molar-refractivity contribution in [2.75, 3.05) is 24.0 Å². The lowest BCUT2D eigenvalue weighted by atomic mass is 10.5. The molecule has 0 amide bonds. The fourth-order valence-electron chi connectivity index (χ4n) is 1.75. The first-order valence-electron chi connectivity index (χ1n) is 5.08. The van der Waals surface area contributed by atoms with E-state index in [1.165, 1.54) is 0 Å². The Bertz CT molecular complexity index is 198. The molecule has 9 heteroatoms. The normalized spacial score (nSPS) is 17.5. The molecule has 0 aromatic rings. The average Bonchev–Trinajstić information content (AvgIpc) is 1.95. The van der Waals surface area contributed by atoms with Crippen molar-refractivity contribution in [3.8, 4) is 0 Å². The van der Waals surface area contributed by atoms with Gasteiger partial charge in [0.05, 0.1) is 12.2 Å². The number of nitrogens with zero attached hydrogens (tertiary/aromatic N) is 2. The van der Waals surface area contributed by atoms with Crippen molar-refractivity contribution in [1.82, 2.24) is 10.7 Å². The maximum Gasteiger partial charge on any atom is 0.0844 e. The van der Waals surface area contributed by atoms with Crippen LogP contribution in [0.1, 0.15) is 13.8 Å². The van der Waals surface area contributed by atoms with Gasteiger partial charge in [0.15, 0.2) is 0 Å². The molecule has 106 valence electrons. The Morgan fingerprint density at radius 3 is 1.53 bits per heavy atom. The molecular formula is C8H22N4O4S-2. The van der Waals surface area contributed by atoms with Crippen LogP contribution in [0.4, 0.5) is 0 Å². The third-order valence-corrected chi connectivity index (χ3v) is 4.68. The summed E-state index contributed by atoms with van der Waals surface area (Å²) in [6.07, 6.45) is 3.56. The maximum atomic E-state index is 10.5. The molecule has 0 aromatic heterocycles. The zero-order valence-corrected chi connectivity index (χ0v) is 11.5. The molecule has 0 spiro atoms. The third kappa shape index (κ3) is 9.71. The SMILES string of the molecule is CC(CS(C)(C)CC(C)ON(N)[O-])ON(N)[O-]. The van der Waals surface area contributed by atoms with E-state index in [4.69, 9.17) is 21.4 Å². The highest BCUT2D eigenvalue weighted by Gasteiger charge is 2.20. The highest BCUT2D eigenvalue weighted by atomic mass is 32.3. The van der Waals surface area contributed by atoms with Crippen LogP contribution in [0.2, 0.25) is 0 Å². The molecule has 0 fully saturated rings. The van der Waals surface area contributed by atoms with E-state index >= 15 is 0 Å². The minimum absolute atomic E-state index is 0.0423. The van der Waals surface area contributed by atoms with Crippen molar-refractivity contribution in [2.24, 2.45) is 11.7 Å². The first kappa shape index (κ1) is 17.0. The van der Waals surface area contributed by atoms with Crippen LogP contribution in [-0.2, 0) is 9.68 Å². The molecule has 0 aliphatic rings. The molecule has 8 nitrogen and oxygen atoms in total. The summed E-state index contributed by atoms with van der Waals surface area (Å²) in [5, 5.41) is 20.9. The van der Waals surface area contributed by atoms with Crippen LogP contribution in [0.5, 0.6) is 0 Å². The highest BCUT2D eigenvalue weighted by Crippen LogP contribution is 2.41. The molecule has 0 saturated heterocycles. The van der Waals surface area contributed by atoms with Gasteiger partial charge in [0, 0.05) is 11.5 Å². The minimum atomic E-state index is -1.06. The van der Waals surface area contributed by atoms with Gasteiger partial charge in [-0.2, -0.15) is 10.7 Å². The maximum absolute atomic E-state index is 10.5. The van der Waals surface area contributed by atoms with Gasteiger partial charge in [-0.25, -0.2) is 10.0 Å². The van der Waals surface area contributed by atoms with E-state index in [2.05, 4.69) is 12.5 Å². The van der Waals surface area contributed by atoms with Crippen LogP contribution in [-0.4, -0.2) is 46.9 Å². The summed E-state index contributed by atoms with van der Waals surface area (Å²) in [4.78, 5) is 9.57. The standard InChI is InChI=1S/C8H22N4O4S/c1-7(15-11(9)13)5-17(3,4)6-8(2)16-12(10)14/h7-8H,5-6,9-10H2,1-4H3/q-2. The van der Waals surface area contributed by atoms with Gasteiger partial charge in [-0.15, -0.1) is 0 Å². The first-order valence-corrected chi connectivity index (χ1v) is 7.87. The van der Waals surface area contributed by atoms with E-state index in [1.807, 2.05) is 0 Å².